The number of nitrogens with one attached hydrogen (secondary N) is 1. The summed E-state index contributed by atoms with van der Waals surface area (Å²) in [4.78, 5) is 17.3. The second kappa shape index (κ2) is 9.16. The van der Waals surface area contributed by atoms with Gasteiger partial charge in [0.2, 0.25) is 0 Å². The van der Waals surface area contributed by atoms with E-state index in [1.54, 1.807) is 29.2 Å². The largest absolute Gasteiger partial charge is 0.497 e. The van der Waals surface area contributed by atoms with Crippen molar-refractivity contribution in [3.8, 4) is 5.75 Å². The van der Waals surface area contributed by atoms with Crippen LogP contribution in [0.5, 0.6) is 5.75 Å². The van der Waals surface area contributed by atoms with Crippen molar-refractivity contribution in [2.45, 2.75) is 24.7 Å². The minimum absolute atomic E-state index is 0.0990. The topological polar surface area (TPSA) is 62.6 Å². The van der Waals surface area contributed by atoms with E-state index in [1.165, 1.54) is 13.3 Å². The van der Waals surface area contributed by atoms with Crippen LogP contribution in [0.15, 0.2) is 60.8 Å². The minimum atomic E-state index is -4.51. The smallest absolute Gasteiger partial charge is 0.410 e. The quantitative estimate of drug-likeness (QED) is 0.589. The maximum atomic E-state index is 14.0. The predicted molar refractivity (Wildman–Crippen MR) is 126 cm³/mol. The van der Waals surface area contributed by atoms with E-state index in [4.69, 9.17) is 4.74 Å². The number of carbonyl (C=O) groups excluding carboxylic acids is 1. The molecule has 5 rings (SSSR count). The van der Waals surface area contributed by atoms with Gasteiger partial charge in [-0.2, -0.15) is 18.3 Å². The molecule has 10 heteroatoms. The van der Waals surface area contributed by atoms with Gasteiger partial charge >= 0.3 is 6.18 Å². The Balaban J connectivity index is 1.39. The Morgan fingerprint density at radius 1 is 1.06 bits per heavy atom. The van der Waals surface area contributed by atoms with E-state index in [0.29, 0.717) is 37.5 Å². The Labute approximate surface area is 201 Å². The van der Waals surface area contributed by atoms with Gasteiger partial charge in [-0.05, 0) is 29.8 Å². The number of methoxy groups -OCH3 is 1. The molecule has 1 fully saturated rings. The molecule has 0 spiro atoms. The van der Waals surface area contributed by atoms with E-state index in [2.05, 4.69) is 15.3 Å². The van der Waals surface area contributed by atoms with Crippen LogP contribution in [0.3, 0.4) is 0 Å². The van der Waals surface area contributed by atoms with Gasteiger partial charge in [-0.15, -0.1) is 0 Å². The van der Waals surface area contributed by atoms with Gasteiger partial charge in [-0.1, -0.05) is 30.3 Å². The lowest BCUT2D eigenvalue weighted by Crippen LogP contribution is -2.49. The number of hydrogen-bond donors (Lipinski definition) is 1. The lowest BCUT2D eigenvalue weighted by atomic mass is 9.96. The van der Waals surface area contributed by atoms with E-state index in [-0.39, 0.29) is 23.7 Å². The average Bonchev–Trinajstić information content (AvgIpc) is 3.31. The van der Waals surface area contributed by atoms with Crippen LogP contribution in [-0.2, 0) is 0 Å². The van der Waals surface area contributed by atoms with Gasteiger partial charge in [0, 0.05) is 38.3 Å². The Kier molecular flexibility index (Phi) is 6.04. The van der Waals surface area contributed by atoms with Gasteiger partial charge in [-0.25, -0.2) is 4.68 Å². The van der Waals surface area contributed by atoms with Crippen LogP contribution in [0.2, 0.25) is 0 Å². The third-order valence-corrected chi connectivity index (χ3v) is 6.65. The van der Waals surface area contributed by atoms with Crippen LogP contribution in [0.25, 0.3) is 0 Å². The van der Waals surface area contributed by atoms with Gasteiger partial charge < -0.3 is 19.9 Å². The number of benzene rings is 2. The summed E-state index contributed by atoms with van der Waals surface area (Å²) in [6.07, 6.45) is -3.50. The number of alkyl halides is 3. The maximum absolute atomic E-state index is 14.0. The van der Waals surface area contributed by atoms with Gasteiger partial charge in [0.1, 0.15) is 17.1 Å². The number of rotatable bonds is 4. The van der Waals surface area contributed by atoms with Gasteiger partial charge in [0.15, 0.2) is 6.04 Å². The van der Waals surface area contributed by atoms with E-state index >= 15 is 0 Å². The molecule has 1 N–H and O–H groups in total. The summed E-state index contributed by atoms with van der Waals surface area (Å²) in [5.41, 5.74) is 1.89. The first-order chi connectivity index (χ1) is 16.8. The molecule has 3 heterocycles. The average molecular weight is 486 g/mol. The number of ether oxygens (including phenoxy) is 1. The van der Waals surface area contributed by atoms with Crippen LogP contribution in [-0.4, -0.2) is 60.1 Å². The van der Waals surface area contributed by atoms with Crippen molar-refractivity contribution in [2.24, 2.45) is 0 Å². The molecule has 0 saturated carbocycles. The van der Waals surface area contributed by atoms with E-state index in [9.17, 15) is 18.0 Å². The van der Waals surface area contributed by atoms with Gasteiger partial charge in [0.25, 0.3) is 5.91 Å². The van der Waals surface area contributed by atoms with Crippen molar-refractivity contribution in [2.75, 3.05) is 43.5 Å². The maximum Gasteiger partial charge on any atom is 0.410 e. The van der Waals surface area contributed by atoms with Crippen LogP contribution < -0.4 is 15.0 Å². The number of carbonyl (C=O) groups is 1. The summed E-state index contributed by atoms with van der Waals surface area (Å²) in [7, 11) is 1.51. The number of fused-ring (bicyclic) bond motifs is 1. The second-order valence-corrected chi connectivity index (χ2v) is 8.73. The summed E-state index contributed by atoms with van der Waals surface area (Å²) < 4.78 is 48.2. The van der Waals surface area contributed by atoms with Crippen molar-refractivity contribution in [1.29, 1.82) is 0 Å². The molecule has 0 radical (unpaired) electrons. The fourth-order valence-electron chi connectivity index (χ4n) is 4.77. The number of anilines is 2. The zero-order chi connectivity index (χ0) is 24.6. The number of nitrogens with zero attached hydrogens (tertiary/aromatic N) is 4. The highest BCUT2D eigenvalue weighted by atomic mass is 19.4. The van der Waals surface area contributed by atoms with Crippen LogP contribution in [0.1, 0.15) is 34.4 Å². The predicted octanol–water partition coefficient (Wildman–Crippen LogP) is 4.51. The van der Waals surface area contributed by atoms with E-state index in [1.807, 2.05) is 30.3 Å². The molecular weight excluding hydrogens is 459 g/mol. The number of aromatic nitrogens is 2. The molecule has 1 saturated heterocycles. The molecule has 7 nitrogen and oxygen atoms in total. The van der Waals surface area contributed by atoms with Gasteiger partial charge in [-0.3, -0.25) is 4.79 Å². The molecule has 0 bridgehead atoms. The molecule has 2 atom stereocenters. The molecule has 35 heavy (non-hydrogen) atoms. The minimum Gasteiger partial charge on any atom is -0.497 e. The molecule has 0 unspecified atom stereocenters. The molecule has 184 valence electrons. The summed E-state index contributed by atoms with van der Waals surface area (Å²) >= 11 is 0. The van der Waals surface area contributed by atoms with Gasteiger partial charge in [0.05, 0.1) is 19.3 Å². The number of hydrogen-bond acceptors (Lipinski definition) is 5. The first kappa shape index (κ1) is 23.1. The number of para-hydroxylation sites is 1. The fourth-order valence-corrected chi connectivity index (χ4v) is 4.77. The van der Waals surface area contributed by atoms with Crippen molar-refractivity contribution in [1.82, 2.24) is 14.7 Å². The lowest BCUT2D eigenvalue weighted by molar-refractivity contribution is -0.173. The molecule has 2 aliphatic heterocycles. The van der Waals surface area contributed by atoms with Crippen LogP contribution in [0.4, 0.5) is 24.7 Å². The first-order valence-corrected chi connectivity index (χ1v) is 11.5. The Bertz CT molecular complexity index is 1190. The number of piperazine rings is 1. The number of halogens is 3. The normalized spacial score (nSPS) is 20.2. The third-order valence-electron chi connectivity index (χ3n) is 6.65. The Hall–Kier alpha value is -3.69. The van der Waals surface area contributed by atoms with Crippen molar-refractivity contribution >= 4 is 17.4 Å². The monoisotopic (exact) mass is 485 g/mol. The van der Waals surface area contributed by atoms with Crippen LogP contribution >= 0.6 is 0 Å². The number of amides is 1. The molecule has 3 aromatic rings. The summed E-state index contributed by atoms with van der Waals surface area (Å²) in [6, 6.07) is 14.4. The molecule has 1 amide bonds. The van der Waals surface area contributed by atoms with Crippen molar-refractivity contribution < 1.29 is 22.7 Å². The SMILES string of the molecule is COc1cccc([C@@H]2C[C@@H](C(F)(F)F)n3ncc(C(=O)N4CCN(c5ccccc5)CC4)c3N2)c1. The highest BCUT2D eigenvalue weighted by Gasteiger charge is 2.47. The van der Waals surface area contributed by atoms with Crippen molar-refractivity contribution in [3.05, 3.63) is 71.9 Å². The summed E-state index contributed by atoms with van der Waals surface area (Å²) in [6.45, 7) is 2.23. The zero-order valence-electron chi connectivity index (χ0n) is 19.2. The molecular formula is C25H26F3N5O2. The first-order valence-electron chi connectivity index (χ1n) is 11.5. The van der Waals surface area contributed by atoms with E-state index < -0.39 is 18.3 Å². The lowest BCUT2D eigenvalue weighted by Gasteiger charge is -2.37. The Morgan fingerprint density at radius 3 is 2.49 bits per heavy atom. The standard InChI is InChI=1S/C25H26F3N5O2/c1-35-19-9-5-6-17(14-19)21-15-22(25(26,27)28)33-23(30-21)20(16-29-33)24(34)32-12-10-31(11-13-32)18-7-3-2-4-8-18/h2-9,14,16,21-22,30H,10-13,15H2,1H3/t21-,22-/m0/s1. The summed E-state index contributed by atoms with van der Waals surface area (Å²) in [5.74, 6) is 0.333. The fraction of sp³-hybridized carbons (Fsp3) is 0.360. The molecule has 2 aromatic carbocycles. The summed E-state index contributed by atoms with van der Waals surface area (Å²) in [5, 5.41) is 7.15. The third kappa shape index (κ3) is 4.52. The molecule has 0 aliphatic carbocycles. The highest BCUT2D eigenvalue weighted by molar-refractivity contribution is 5.99. The zero-order valence-corrected chi connectivity index (χ0v) is 19.2. The Morgan fingerprint density at radius 2 is 1.80 bits per heavy atom. The molecule has 2 aliphatic rings. The molecule has 1 aromatic heterocycles. The van der Waals surface area contributed by atoms with Crippen molar-refractivity contribution in [3.63, 3.8) is 0 Å². The highest BCUT2D eigenvalue weighted by Crippen LogP contribution is 2.44. The van der Waals surface area contributed by atoms with Crippen LogP contribution in [0, 0.1) is 0 Å². The van der Waals surface area contributed by atoms with E-state index in [0.717, 1.165) is 10.4 Å². The second-order valence-electron chi connectivity index (χ2n) is 8.73.